The number of benzene rings is 3. The second kappa shape index (κ2) is 10.8. The van der Waals surface area contributed by atoms with Gasteiger partial charge in [-0.05, 0) is 61.0 Å². The number of sulfonamides is 1. The number of para-hydroxylation sites is 2. The highest BCUT2D eigenvalue weighted by molar-refractivity contribution is 7.92. The van der Waals surface area contributed by atoms with Crippen LogP contribution in [0.5, 0.6) is 11.5 Å². The van der Waals surface area contributed by atoms with Crippen LogP contribution in [0.25, 0.3) is 0 Å². The van der Waals surface area contributed by atoms with Gasteiger partial charge < -0.3 is 14.8 Å². The molecule has 0 heterocycles. The number of nitrogens with zero attached hydrogens (tertiary/aromatic N) is 1. The highest BCUT2D eigenvalue weighted by Crippen LogP contribution is 2.25. The Balaban J connectivity index is 1.63. The highest BCUT2D eigenvalue weighted by Gasteiger charge is 2.18. The van der Waals surface area contributed by atoms with Gasteiger partial charge in [0.25, 0.3) is 5.91 Å². The van der Waals surface area contributed by atoms with Gasteiger partial charge in [-0.2, -0.15) is 0 Å². The molecular formula is C24H25FN2O5S. The van der Waals surface area contributed by atoms with E-state index in [1.54, 1.807) is 42.5 Å². The molecule has 7 nitrogen and oxygen atoms in total. The number of carbonyl (C=O) groups excluding carboxylic acids is 1. The summed E-state index contributed by atoms with van der Waals surface area (Å²) in [5.41, 5.74) is 1.61. The molecule has 9 heteroatoms. The first-order valence-electron chi connectivity index (χ1n) is 10.2. The molecule has 0 aliphatic rings. The third-order valence-corrected chi connectivity index (χ3v) is 5.74. The maximum atomic E-state index is 13.2. The summed E-state index contributed by atoms with van der Waals surface area (Å²) in [6, 6.07) is 19.1. The molecular weight excluding hydrogens is 447 g/mol. The SMILES string of the molecule is CCOc1ccccc1NC(=O)COc1ccc(N(Cc2ccc(F)cc2)S(C)(=O)=O)cc1. The molecule has 1 amide bonds. The number of rotatable bonds is 10. The number of carbonyl (C=O) groups is 1. The summed E-state index contributed by atoms with van der Waals surface area (Å²) in [4.78, 5) is 12.3. The van der Waals surface area contributed by atoms with E-state index < -0.39 is 15.8 Å². The second-order valence-electron chi connectivity index (χ2n) is 7.16. The van der Waals surface area contributed by atoms with Crippen molar-refractivity contribution < 1.29 is 27.1 Å². The van der Waals surface area contributed by atoms with Crippen LogP contribution in [0.4, 0.5) is 15.8 Å². The lowest BCUT2D eigenvalue weighted by Crippen LogP contribution is -2.29. The first-order chi connectivity index (χ1) is 15.8. The van der Waals surface area contributed by atoms with E-state index in [1.807, 2.05) is 13.0 Å². The summed E-state index contributed by atoms with van der Waals surface area (Å²) in [6.07, 6.45) is 1.10. The molecule has 0 aliphatic heterocycles. The molecule has 0 bridgehead atoms. The Kier molecular flexibility index (Phi) is 7.89. The Morgan fingerprint density at radius 1 is 0.970 bits per heavy atom. The lowest BCUT2D eigenvalue weighted by atomic mass is 10.2. The van der Waals surface area contributed by atoms with E-state index in [2.05, 4.69) is 5.32 Å². The Morgan fingerprint density at radius 2 is 1.64 bits per heavy atom. The smallest absolute Gasteiger partial charge is 0.262 e. The zero-order valence-corrected chi connectivity index (χ0v) is 19.1. The van der Waals surface area contributed by atoms with E-state index in [-0.39, 0.29) is 19.1 Å². The molecule has 0 aliphatic carbocycles. The standard InChI is InChI=1S/C24H25FN2O5S/c1-3-31-23-7-5-4-6-22(23)26-24(28)17-32-21-14-12-20(13-15-21)27(33(2,29)30)16-18-8-10-19(25)11-9-18/h4-15H,3,16-17H2,1-2H3,(H,26,28). The topological polar surface area (TPSA) is 84.9 Å². The fourth-order valence-electron chi connectivity index (χ4n) is 3.05. The summed E-state index contributed by atoms with van der Waals surface area (Å²) >= 11 is 0. The van der Waals surface area contributed by atoms with Crippen molar-refractivity contribution in [2.75, 3.05) is 29.1 Å². The van der Waals surface area contributed by atoms with Gasteiger partial charge in [-0.1, -0.05) is 24.3 Å². The van der Waals surface area contributed by atoms with Crippen molar-refractivity contribution in [3.8, 4) is 11.5 Å². The molecule has 0 radical (unpaired) electrons. The zero-order chi connectivity index (χ0) is 23.8. The molecule has 3 aromatic carbocycles. The van der Waals surface area contributed by atoms with E-state index in [4.69, 9.17) is 9.47 Å². The molecule has 0 aromatic heterocycles. The lowest BCUT2D eigenvalue weighted by molar-refractivity contribution is -0.118. The van der Waals surface area contributed by atoms with Crippen molar-refractivity contribution in [2.45, 2.75) is 13.5 Å². The summed E-state index contributed by atoms with van der Waals surface area (Å²) in [7, 11) is -3.59. The quantitative estimate of drug-likeness (QED) is 0.478. The Hall–Kier alpha value is -3.59. The van der Waals surface area contributed by atoms with E-state index in [0.717, 1.165) is 6.26 Å². The van der Waals surface area contributed by atoms with E-state index in [1.165, 1.54) is 28.6 Å². The van der Waals surface area contributed by atoms with Crippen molar-refractivity contribution in [1.29, 1.82) is 0 Å². The molecule has 33 heavy (non-hydrogen) atoms. The molecule has 0 atom stereocenters. The summed E-state index contributed by atoms with van der Waals surface area (Å²) in [6.45, 7) is 2.16. The van der Waals surface area contributed by atoms with Crippen molar-refractivity contribution in [3.05, 3.63) is 84.2 Å². The van der Waals surface area contributed by atoms with Gasteiger partial charge in [-0.3, -0.25) is 9.10 Å². The normalized spacial score (nSPS) is 11.0. The minimum atomic E-state index is -3.59. The number of hydrogen-bond donors (Lipinski definition) is 1. The van der Waals surface area contributed by atoms with Crippen LogP contribution in [0.15, 0.2) is 72.8 Å². The second-order valence-corrected chi connectivity index (χ2v) is 9.06. The number of ether oxygens (including phenoxy) is 2. The third-order valence-electron chi connectivity index (χ3n) is 4.60. The largest absolute Gasteiger partial charge is 0.492 e. The lowest BCUT2D eigenvalue weighted by Gasteiger charge is -2.23. The molecule has 1 N–H and O–H groups in total. The molecule has 3 rings (SSSR count). The van der Waals surface area contributed by atoms with Gasteiger partial charge in [0.15, 0.2) is 6.61 Å². The van der Waals surface area contributed by atoms with Crippen LogP contribution in [-0.2, 0) is 21.4 Å². The monoisotopic (exact) mass is 472 g/mol. The third kappa shape index (κ3) is 6.95. The predicted octanol–water partition coefficient (Wildman–Crippen LogP) is 4.21. The van der Waals surface area contributed by atoms with Gasteiger partial charge in [0.2, 0.25) is 10.0 Å². The Morgan fingerprint density at radius 3 is 2.27 bits per heavy atom. The van der Waals surface area contributed by atoms with Gasteiger partial charge in [-0.15, -0.1) is 0 Å². The number of amides is 1. The van der Waals surface area contributed by atoms with Crippen molar-refractivity contribution in [3.63, 3.8) is 0 Å². The van der Waals surface area contributed by atoms with Gasteiger partial charge in [0, 0.05) is 0 Å². The average Bonchev–Trinajstić information content (AvgIpc) is 2.78. The van der Waals surface area contributed by atoms with Crippen molar-refractivity contribution >= 4 is 27.3 Å². The minimum absolute atomic E-state index is 0.0565. The van der Waals surface area contributed by atoms with Gasteiger partial charge in [-0.25, -0.2) is 12.8 Å². The van der Waals surface area contributed by atoms with Crippen molar-refractivity contribution in [2.24, 2.45) is 0 Å². The fourth-order valence-corrected chi connectivity index (χ4v) is 3.94. The van der Waals surface area contributed by atoms with Crippen LogP contribution in [0.3, 0.4) is 0 Å². The van der Waals surface area contributed by atoms with Gasteiger partial charge in [0.05, 0.1) is 30.8 Å². The summed E-state index contributed by atoms with van der Waals surface area (Å²) in [5, 5.41) is 2.74. The number of hydrogen-bond acceptors (Lipinski definition) is 5. The van der Waals surface area contributed by atoms with Crippen LogP contribution in [0.1, 0.15) is 12.5 Å². The van der Waals surface area contributed by atoms with E-state index in [0.29, 0.717) is 35.0 Å². The van der Waals surface area contributed by atoms with Crippen LogP contribution < -0.4 is 19.1 Å². The van der Waals surface area contributed by atoms with Crippen LogP contribution in [0.2, 0.25) is 0 Å². The van der Waals surface area contributed by atoms with Crippen LogP contribution in [-0.4, -0.2) is 33.8 Å². The van der Waals surface area contributed by atoms with Crippen molar-refractivity contribution in [1.82, 2.24) is 0 Å². The van der Waals surface area contributed by atoms with Crippen LogP contribution >= 0.6 is 0 Å². The van der Waals surface area contributed by atoms with Crippen LogP contribution in [0, 0.1) is 5.82 Å². The average molecular weight is 473 g/mol. The maximum Gasteiger partial charge on any atom is 0.262 e. The number of nitrogens with one attached hydrogen (secondary N) is 1. The van der Waals surface area contributed by atoms with Gasteiger partial charge in [0.1, 0.15) is 17.3 Å². The molecule has 0 unspecified atom stereocenters. The number of anilines is 2. The minimum Gasteiger partial charge on any atom is -0.492 e. The fraction of sp³-hybridized carbons (Fsp3) is 0.208. The summed E-state index contributed by atoms with van der Waals surface area (Å²) in [5.74, 6) is 0.221. The predicted molar refractivity (Wildman–Crippen MR) is 126 cm³/mol. The molecule has 0 fully saturated rings. The molecule has 3 aromatic rings. The molecule has 174 valence electrons. The summed E-state index contributed by atoms with van der Waals surface area (Å²) < 4.78 is 50.0. The van der Waals surface area contributed by atoms with E-state index >= 15 is 0 Å². The van der Waals surface area contributed by atoms with Gasteiger partial charge >= 0.3 is 0 Å². The number of halogens is 1. The molecule has 0 saturated heterocycles. The molecule has 0 saturated carbocycles. The first-order valence-corrected chi connectivity index (χ1v) is 12.1. The Labute approximate surface area is 192 Å². The highest BCUT2D eigenvalue weighted by atomic mass is 32.2. The maximum absolute atomic E-state index is 13.2. The zero-order valence-electron chi connectivity index (χ0n) is 18.3. The van der Waals surface area contributed by atoms with E-state index in [9.17, 15) is 17.6 Å². The first kappa shape index (κ1) is 24.1. The molecule has 0 spiro atoms. The Bertz CT molecular complexity index is 1180.